The summed E-state index contributed by atoms with van der Waals surface area (Å²) in [5.74, 6) is -0.525. The maximum Gasteiger partial charge on any atom is 0.335 e. The van der Waals surface area contributed by atoms with Crippen molar-refractivity contribution in [1.29, 1.82) is 0 Å². The molecule has 0 amide bonds. The van der Waals surface area contributed by atoms with Crippen LogP contribution in [0.1, 0.15) is 32.7 Å². The van der Waals surface area contributed by atoms with E-state index in [-0.39, 0.29) is 11.1 Å². The summed E-state index contributed by atoms with van der Waals surface area (Å²) in [6.45, 7) is 1.84. The molecule has 0 aliphatic carbocycles. The molecular weight excluding hydrogens is 360 g/mol. The summed E-state index contributed by atoms with van der Waals surface area (Å²) in [5, 5.41) is 9.88. The first-order chi connectivity index (χ1) is 13.0. The van der Waals surface area contributed by atoms with E-state index in [0.717, 1.165) is 5.56 Å². The topological polar surface area (TPSA) is 72.2 Å². The van der Waals surface area contributed by atoms with Gasteiger partial charge in [0.2, 0.25) is 0 Å². The zero-order chi connectivity index (χ0) is 19.4. The molecule has 1 aromatic heterocycles. The summed E-state index contributed by atoms with van der Waals surface area (Å²) >= 11 is 1.36. The predicted molar refractivity (Wildman–Crippen MR) is 106 cm³/mol. The molecule has 0 spiro atoms. The molecule has 0 unspecified atom stereocenters. The average molecular weight is 380 g/mol. The highest BCUT2D eigenvalue weighted by molar-refractivity contribution is 7.98. The van der Waals surface area contributed by atoms with Crippen LogP contribution in [0.5, 0.6) is 0 Å². The number of benzene rings is 2. The van der Waals surface area contributed by atoms with Gasteiger partial charge in [-0.25, -0.2) is 9.78 Å². The van der Waals surface area contributed by atoms with Crippen LogP contribution in [0.2, 0.25) is 0 Å². The fourth-order valence-electron chi connectivity index (χ4n) is 2.86. The van der Waals surface area contributed by atoms with Gasteiger partial charge in [-0.15, -0.1) is 0 Å². The van der Waals surface area contributed by atoms with Crippen LogP contribution in [0, 0.1) is 6.92 Å². The lowest BCUT2D eigenvalue weighted by Crippen LogP contribution is -2.25. The Kier molecular flexibility index (Phi) is 5.76. The zero-order valence-corrected chi connectivity index (χ0v) is 16.0. The molecule has 2 aromatic carbocycles. The molecule has 27 heavy (non-hydrogen) atoms. The molecule has 0 aliphatic rings. The van der Waals surface area contributed by atoms with E-state index >= 15 is 0 Å². The summed E-state index contributed by atoms with van der Waals surface area (Å²) in [4.78, 5) is 28.8. The maximum atomic E-state index is 12.8. The highest BCUT2D eigenvalue weighted by atomic mass is 32.2. The van der Waals surface area contributed by atoms with Crippen LogP contribution in [0.25, 0.3) is 0 Å². The molecule has 0 fully saturated rings. The first-order valence-corrected chi connectivity index (χ1v) is 9.50. The maximum absolute atomic E-state index is 12.8. The Bertz CT molecular complexity index is 1030. The number of carboxylic acid groups (broad SMARTS) is 1. The molecule has 0 saturated carbocycles. The summed E-state index contributed by atoms with van der Waals surface area (Å²) in [6.07, 6.45) is 0.541. The molecule has 0 bridgehead atoms. The number of hydrogen-bond donors (Lipinski definition) is 1. The van der Waals surface area contributed by atoms with E-state index in [9.17, 15) is 14.7 Å². The van der Waals surface area contributed by atoms with E-state index in [0.29, 0.717) is 34.2 Å². The molecule has 3 aromatic rings. The van der Waals surface area contributed by atoms with Crippen LogP contribution in [-0.4, -0.2) is 20.6 Å². The highest BCUT2D eigenvalue weighted by Crippen LogP contribution is 2.23. The second-order valence-electron chi connectivity index (χ2n) is 6.24. The predicted octanol–water partition coefficient (Wildman–Crippen LogP) is 3.67. The van der Waals surface area contributed by atoms with E-state index in [4.69, 9.17) is 0 Å². The van der Waals surface area contributed by atoms with E-state index in [1.165, 1.54) is 11.8 Å². The number of nitrogens with zero attached hydrogens (tertiary/aromatic N) is 2. The molecule has 6 heteroatoms. The van der Waals surface area contributed by atoms with Crippen molar-refractivity contribution >= 4 is 17.7 Å². The zero-order valence-electron chi connectivity index (χ0n) is 15.2. The molecule has 5 nitrogen and oxygen atoms in total. The third kappa shape index (κ3) is 4.28. The van der Waals surface area contributed by atoms with Crippen molar-refractivity contribution in [3.8, 4) is 0 Å². The standard InChI is InChI=1S/C21H20N2O3S/c1-14-18(12-15-8-4-3-5-9-15)19(24)23(2)21(22-14)27-13-16-10-6-7-11-17(16)20(25)26/h3-11H,12-13H2,1-2H3,(H,25,26). The number of aryl methyl sites for hydroxylation is 1. The van der Waals surface area contributed by atoms with Crippen LogP contribution in [0.3, 0.4) is 0 Å². The van der Waals surface area contributed by atoms with E-state index < -0.39 is 5.97 Å². The highest BCUT2D eigenvalue weighted by Gasteiger charge is 2.15. The van der Waals surface area contributed by atoms with Gasteiger partial charge in [-0.3, -0.25) is 9.36 Å². The molecule has 0 atom stereocenters. The molecule has 1 N–H and O–H groups in total. The van der Waals surface area contributed by atoms with Gasteiger partial charge in [-0.1, -0.05) is 60.3 Å². The van der Waals surface area contributed by atoms with E-state index in [2.05, 4.69) is 4.98 Å². The first-order valence-electron chi connectivity index (χ1n) is 8.51. The summed E-state index contributed by atoms with van der Waals surface area (Å²) in [5.41, 5.74) is 3.35. The number of aromatic nitrogens is 2. The van der Waals surface area contributed by atoms with Crippen molar-refractivity contribution in [3.05, 3.63) is 92.9 Å². The largest absolute Gasteiger partial charge is 0.478 e. The molecule has 138 valence electrons. The van der Waals surface area contributed by atoms with Crippen LogP contribution in [0.15, 0.2) is 64.5 Å². The van der Waals surface area contributed by atoms with Crippen LogP contribution < -0.4 is 5.56 Å². The van der Waals surface area contributed by atoms with Crippen molar-refractivity contribution in [2.45, 2.75) is 24.3 Å². The molecule has 1 heterocycles. The van der Waals surface area contributed by atoms with Gasteiger partial charge in [0.05, 0.1) is 5.56 Å². The van der Waals surface area contributed by atoms with Crippen molar-refractivity contribution in [3.63, 3.8) is 0 Å². The Morgan fingerprint density at radius 3 is 2.48 bits per heavy atom. The van der Waals surface area contributed by atoms with Crippen LogP contribution in [0.4, 0.5) is 0 Å². The number of carboxylic acids is 1. The average Bonchev–Trinajstić information content (AvgIpc) is 2.68. The lowest BCUT2D eigenvalue weighted by Gasteiger charge is -2.12. The third-order valence-electron chi connectivity index (χ3n) is 4.38. The lowest BCUT2D eigenvalue weighted by atomic mass is 10.1. The molecule has 0 radical (unpaired) electrons. The van der Waals surface area contributed by atoms with Gasteiger partial charge in [0.15, 0.2) is 5.16 Å². The summed E-state index contributed by atoms with van der Waals surface area (Å²) < 4.78 is 1.54. The van der Waals surface area contributed by atoms with Gasteiger partial charge in [0.25, 0.3) is 5.56 Å². The smallest absolute Gasteiger partial charge is 0.335 e. The van der Waals surface area contributed by atoms with Gasteiger partial charge in [0, 0.05) is 30.5 Å². The number of thioether (sulfide) groups is 1. The van der Waals surface area contributed by atoms with Crippen molar-refractivity contribution < 1.29 is 9.90 Å². The van der Waals surface area contributed by atoms with Gasteiger partial charge >= 0.3 is 5.97 Å². The first kappa shape index (κ1) is 18.9. The molecule has 0 saturated heterocycles. The number of carbonyl (C=O) groups is 1. The Morgan fingerprint density at radius 1 is 1.11 bits per heavy atom. The monoisotopic (exact) mass is 380 g/mol. The SMILES string of the molecule is Cc1nc(SCc2ccccc2C(=O)O)n(C)c(=O)c1Cc1ccccc1. The van der Waals surface area contributed by atoms with Gasteiger partial charge in [-0.05, 0) is 24.1 Å². The quantitative estimate of drug-likeness (QED) is 0.522. The molecular formula is C21H20N2O3S. The van der Waals surface area contributed by atoms with Crippen LogP contribution in [-0.2, 0) is 19.2 Å². The minimum atomic E-state index is -0.956. The summed E-state index contributed by atoms with van der Waals surface area (Å²) in [7, 11) is 1.70. The number of hydrogen-bond acceptors (Lipinski definition) is 4. The Balaban J connectivity index is 1.86. The molecule has 3 rings (SSSR count). The van der Waals surface area contributed by atoms with E-state index in [1.807, 2.05) is 43.3 Å². The normalized spacial score (nSPS) is 10.7. The third-order valence-corrected chi connectivity index (χ3v) is 5.46. The second kappa shape index (κ2) is 8.22. The second-order valence-corrected chi connectivity index (χ2v) is 7.18. The number of rotatable bonds is 6. The Hall–Kier alpha value is -2.86. The van der Waals surface area contributed by atoms with Crippen molar-refractivity contribution in [2.24, 2.45) is 7.05 Å². The van der Waals surface area contributed by atoms with E-state index in [1.54, 1.807) is 29.8 Å². The minimum Gasteiger partial charge on any atom is -0.478 e. The van der Waals surface area contributed by atoms with Gasteiger partial charge in [-0.2, -0.15) is 0 Å². The van der Waals surface area contributed by atoms with Gasteiger partial charge in [0.1, 0.15) is 0 Å². The fraction of sp³-hybridized carbons (Fsp3) is 0.190. The minimum absolute atomic E-state index is 0.0691. The lowest BCUT2D eigenvalue weighted by molar-refractivity contribution is 0.0696. The molecule has 0 aliphatic heterocycles. The summed E-state index contributed by atoms with van der Waals surface area (Å²) in [6, 6.07) is 16.7. The Morgan fingerprint density at radius 2 is 1.78 bits per heavy atom. The van der Waals surface area contributed by atoms with Gasteiger partial charge < -0.3 is 5.11 Å². The van der Waals surface area contributed by atoms with Crippen molar-refractivity contribution in [2.75, 3.05) is 0 Å². The van der Waals surface area contributed by atoms with Crippen molar-refractivity contribution in [1.82, 2.24) is 9.55 Å². The Labute approximate surface area is 161 Å². The fourth-order valence-corrected chi connectivity index (χ4v) is 3.87. The van der Waals surface area contributed by atoms with Crippen LogP contribution >= 0.6 is 11.8 Å². The number of aromatic carboxylic acids is 1.